The molecule has 0 aliphatic heterocycles. The van der Waals surface area contributed by atoms with Crippen molar-refractivity contribution in [3.63, 3.8) is 0 Å². The Kier molecular flexibility index (Phi) is 6.21. The summed E-state index contributed by atoms with van der Waals surface area (Å²) in [4.78, 5) is 12.4. The van der Waals surface area contributed by atoms with Gasteiger partial charge in [-0.25, -0.2) is 23.4 Å². The molecular formula is C22H20ClN5O4S. The zero-order chi connectivity index (χ0) is 23.6. The van der Waals surface area contributed by atoms with Crippen molar-refractivity contribution in [2.75, 3.05) is 31.3 Å². The molecule has 0 aliphatic carbocycles. The predicted octanol–water partition coefficient (Wildman–Crippen LogP) is 4.20. The number of fused-ring (bicyclic) bond motifs is 1. The maximum absolute atomic E-state index is 13.0. The predicted molar refractivity (Wildman–Crippen MR) is 128 cm³/mol. The average Bonchev–Trinajstić information content (AvgIpc) is 2.83. The Bertz CT molecular complexity index is 1450. The number of methoxy groups -OCH3 is 2. The second kappa shape index (κ2) is 9.08. The van der Waals surface area contributed by atoms with Crippen LogP contribution in [-0.2, 0) is 10.0 Å². The number of halogens is 1. The Morgan fingerprint density at radius 3 is 2.52 bits per heavy atom. The molecule has 0 amide bonds. The van der Waals surface area contributed by atoms with E-state index in [1.165, 1.54) is 19.4 Å². The van der Waals surface area contributed by atoms with Crippen LogP contribution >= 0.6 is 11.6 Å². The Labute approximate surface area is 195 Å². The van der Waals surface area contributed by atoms with E-state index in [0.717, 1.165) is 16.5 Å². The first-order valence-electron chi connectivity index (χ1n) is 9.70. The lowest BCUT2D eigenvalue weighted by molar-refractivity contribution is 0.385. The van der Waals surface area contributed by atoms with E-state index in [4.69, 9.17) is 21.1 Å². The quantitative estimate of drug-likeness (QED) is 0.400. The molecule has 2 heterocycles. The van der Waals surface area contributed by atoms with Gasteiger partial charge in [-0.1, -0.05) is 17.7 Å². The van der Waals surface area contributed by atoms with E-state index in [1.54, 1.807) is 38.6 Å². The van der Waals surface area contributed by atoms with Crippen LogP contribution in [-0.4, -0.2) is 44.6 Å². The highest BCUT2D eigenvalue weighted by molar-refractivity contribution is 7.92. The molecule has 0 aliphatic rings. The van der Waals surface area contributed by atoms with Crippen molar-refractivity contribution < 1.29 is 17.9 Å². The molecule has 33 heavy (non-hydrogen) atoms. The first-order valence-corrected chi connectivity index (χ1v) is 11.6. The van der Waals surface area contributed by atoms with Gasteiger partial charge in [0.1, 0.15) is 5.75 Å². The van der Waals surface area contributed by atoms with Gasteiger partial charge >= 0.3 is 0 Å². The number of hydrogen-bond donors (Lipinski definition) is 2. The van der Waals surface area contributed by atoms with Gasteiger partial charge in [0, 0.05) is 36.1 Å². The number of hydrogen-bond acceptors (Lipinski definition) is 8. The smallest absolute Gasteiger partial charge is 0.267 e. The van der Waals surface area contributed by atoms with Crippen LogP contribution in [0.15, 0.2) is 59.8 Å². The summed E-state index contributed by atoms with van der Waals surface area (Å²) >= 11 is 5.95. The topological polar surface area (TPSA) is 115 Å². The standard InChI is InChI=1S/C22H20ClN5O4S/c1-24-22-26-11-14-8-13(4-6-18(14)27-22)17-10-16(5-7-19(17)31-2)28-33(29,30)20-9-15(23)12-25-21(20)32-3/h4-12,28H,1-3H3,(H,24,26,27). The zero-order valence-electron chi connectivity index (χ0n) is 18.0. The van der Waals surface area contributed by atoms with Crippen LogP contribution in [0.25, 0.3) is 22.0 Å². The van der Waals surface area contributed by atoms with Crippen LogP contribution in [0, 0.1) is 0 Å². The zero-order valence-corrected chi connectivity index (χ0v) is 19.5. The molecule has 2 aromatic carbocycles. The summed E-state index contributed by atoms with van der Waals surface area (Å²) < 4.78 is 39.2. The molecule has 4 aromatic rings. The molecule has 0 saturated heterocycles. The molecule has 0 unspecified atom stereocenters. The molecule has 2 N–H and O–H groups in total. The number of sulfonamides is 1. The summed E-state index contributed by atoms with van der Waals surface area (Å²) in [7, 11) is 0.610. The molecule has 0 bridgehead atoms. The minimum atomic E-state index is -4.03. The van der Waals surface area contributed by atoms with Crippen molar-refractivity contribution >= 4 is 44.2 Å². The van der Waals surface area contributed by atoms with Crippen molar-refractivity contribution in [2.24, 2.45) is 0 Å². The monoisotopic (exact) mass is 485 g/mol. The van der Waals surface area contributed by atoms with Crippen LogP contribution < -0.4 is 19.5 Å². The minimum absolute atomic E-state index is 0.0592. The number of pyridine rings is 1. The highest BCUT2D eigenvalue weighted by Crippen LogP contribution is 2.35. The van der Waals surface area contributed by atoms with Crippen molar-refractivity contribution in [3.8, 4) is 22.8 Å². The van der Waals surface area contributed by atoms with Gasteiger partial charge in [0.2, 0.25) is 11.8 Å². The molecule has 170 valence electrons. The highest BCUT2D eigenvalue weighted by atomic mass is 35.5. The second-order valence-corrected chi connectivity index (χ2v) is 8.99. The maximum Gasteiger partial charge on any atom is 0.267 e. The van der Waals surface area contributed by atoms with E-state index >= 15 is 0 Å². The van der Waals surface area contributed by atoms with Gasteiger partial charge in [-0.2, -0.15) is 0 Å². The fourth-order valence-electron chi connectivity index (χ4n) is 3.28. The van der Waals surface area contributed by atoms with E-state index < -0.39 is 10.0 Å². The van der Waals surface area contributed by atoms with Crippen molar-refractivity contribution in [3.05, 3.63) is 59.9 Å². The summed E-state index contributed by atoms with van der Waals surface area (Å²) in [6.45, 7) is 0. The third-order valence-corrected chi connectivity index (χ3v) is 6.42. The van der Waals surface area contributed by atoms with Crippen LogP contribution in [0.4, 0.5) is 11.6 Å². The highest BCUT2D eigenvalue weighted by Gasteiger charge is 2.22. The van der Waals surface area contributed by atoms with Gasteiger partial charge in [0.05, 0.1) is 24.8 Å². The van der Waals surface area contributed by atoms with Crippen molar-refractivity contribution in [1.29, 1.82) is 0 Å². The first-order chi connectivity index (χ1) is 15.8. The molecule has 0 radical (unpaired) electrons. The molecule has 2 aromatic heterocycles. The van der Waals surface area contributed by atoms with E-state index in [2.05, 4.69) is 25.0 Å². The van der Waals surface area contributed by atoms with Gasteiger partial charge < -0.3 is 14.8 Å². The third kappa shape index (κ3) is 4.62. The Balaban J connectivity index is 1.75. The number of anilines is 2. The van der Waals surface area contributed by atoms with Crippen LogP contribution in [0.3, 0.4) is 0 Å². The molecule has 0 atom stereocenters. The van der Waals surface area contributed by atoms with Crippen LogP contribution in [0.2, 0.25) is 5.02 Å². The lowest BCUT2D eigenvalue weighted by Gasteiger charge is -2.14. The number of nitrogens with one attached hydrogen (secondary N) is 2. The molecule has 9 nitrogen and oxygen atoms in total. The lowest BCUT2D eigenvalue weighted by Crippen LogP contribution is -2.14. The van der Waals surface area contributed by atoms with Crippen LogP contribution in [0.1, 0.15) is 0 Å². The maximum atomic E-state index is 13.0. The summed E-state index contributed by atoms with van der Waals surface area (Å²) in [5, 5.41) is 3.91. The molecular weight excluding hydrogens is 466 g/mol. The second-order valence-electron chi connectivity index (χ2n) is 6.90. The Morgan fingerprint density at radius 1 is 0.970 bits per heavy atom. The van der Waals surface area contributed by atoms with Gasteiger partial charge in [0.25, 0.3) is 10.0 Å². The van der Waals surface area contributed by atoms with Crippen LogP contribution in [0.5, 0.6) is 11.6 Å². The van der Waals surface area contributed by atoms with Gasteiger partial charge in [-0.15, -0.1) is 0 Å². The van der Waals surface area contributed by atoms with E-state index in [0.29, 0.717) is 22.9 Å². The third-order valence-electron chi connectivity index (χ3n) is 4.83. The van der Waals surface area contributed by atoms with Crippen molar-refractivity contribution in [1.82, 2.24) is 15.0 Å². The first kappa shape index (κ1) is 22.6. The largest absolute Gasteiger partial charge is 0.496 e. The van der Waals surface area contributed by atoms with E-state index in [1.807, 2.05) is 18.2 Å². The summed E-state index contributed by atoms with van der Waals surface area (Å²) in [5.41, 5.74) is 2.60. The Hall–Kier alpha value is -3.63. The number of benzene rings is 2. The molecule has 0 saturated carbocycles. The molecule has 11 heteroatoms. The van der Waals surface area contributed by atoms with Crippen molar-refractivity contribution in [2.45, 2.75) is 4.90 Å². The summed E-state index contributed by atoms with van der Waals surface area (Å²) in [6, 6.07) is 11.9. The molecule has 4 rings (SSSR count). The lowest BCUT2D eigenvalue weighted by atomic mass is 10.0. The number of aromatic nitrogens is 3. The molecule has 0 spiro atoms. The van der Waals surface area contributed by atoms with Gasteiger partial charge in [0.15, 0.2) is 4.90 Å². The number of ether oxygens (including phenoxy) is 2. The average molecular weight is 486 g/mol. The summed E-state index contributed by atoms with van der Waals surface area (Å²) in [5.74, 6) is 1.04. The number of nitrogens with zero attached hydrogens (tertiary/aromatic N) is 3. The van der Waals surface area contributed by atoms with E-state index in [-0.39, 0.29) is 15.8 Å². The fraction of sp³-hybridized carbons (Fsp3) is 0.136. The van der Waals surface area contributed by atoms with Gasteiger partial charge in [-0.3, -0.25) is 4.72 Å². The van der Waals surface area contributed by atoms with Gasteiger partial charge in [-0.05, 0) is 42.0 Å². The molecule has 0 fully saturated rings. The summed E-state index contributed by atoms with van der Waals surface area (Å²) in [6.07, 6.45) is 3.03. The normalized spacial score (nSPS) is 11.3. The SMILES string of the molecule is CNc1ncc2cc(-c3cc(NS(=O)(=O)c4cc(Cl)cnc4OC)ccc3OC)ccc2n1. The number of rotatable bonds is 7. The minimum Gasteiger partial charge on any atom is -0.496 e. The Morgan fingerprint density at radius 2 is 1.79 bits per heavy atom. The fourth-order valence-corrected chi connectivity index (χ4v) is 4.70. The van der Waals surface area contributed by atoms with E-state index in [9.17, 15) is 8.42 Å².